The lowest BCUT2D eigenvalue weighted by Crippen LogP contribution is -2.36. The fourth-order valence-corrected chi connectivity index (χ4v) is 1.71. The van der Waals surface area contributed by atoms with Crippen LogP contribution in [0.15, 0.2) is 11.5 Å². The van der Waals surface area contributed by atoms with Crippen molar-refractivity contribution in [2.75, 3.05) is 20.2 Å². The molecule has 0 aliphatic carbocycles. The van der Waals surface area contributed by atoms with Gasteiger partial charge in [0.25, 0.3) is 5.76 Å². The summed E-state index contributed by atoms with van der Waals surface area (Å²) in [6, 6.07) is 0. The molecule has 2 atom stereocenters. The number of guanidine groups is 1. The monoisotopic (exact) mass is 387 g/mol. The molecule has 15 heteroatoms. The van der Waals surface area contributed by atoms with Crippen molar-refractivity contribution in [3.63, 3.8) is 0 Å². The number of phosphoric ester groups is 1. The van der Waals surface area contributed by atoms with Gasteiger partial charge in [-0.3, -0.25) is 20.0 Å². The number of likely N-dealkylation sites (N-methyl/N-ethyl adjacent to an activating group) is 1. The number of phosphoric acid groups is 1. The molecule has 0 aromatic rings. The molecule has 0 bridgehead atoms. The number of aliphatic carboxylic acids is 1. The van der Waals surface area contributed by atoms with Crippen molar-refractivity contribution in [1.29, 1.82) is 5.41 Å². The van der Waals surface area contributed by atoms with Crippen LogP contribution in [0.25, 0.3) is 0 Å². The summed E-state index contributed by atoms with van der Waals surface area (Å²) in [5.41, 5.74) is 4.93. The number of nitrogens with one attached hydrogen (secondary N) is 1. The number of nitrogens with zero attached hydrogens (tertiary/aromatic N) is 1. The van der Waals surface area contributed by atoms with Crippen LogP contribution in [0.4, 0.5) is 0 Å². The number of carbonyl (C=O) groups is 2. The molecule has 144 valence electrons. The predicted molar refractivity (Wildman–Crippen MR) is 77.9 cm³/mol. The van der Waals surface area contributed by atoms with Gasteiger partial charge in [0, 0.05) is 7.05 Å². The number of cyclic esters (lactones) is 1. The minimum atomic E-state index is -5.02. The van der Waals surface area contributed by atoms with Crippen LogP contribution in [-0.4, -0.2) is 85.4 Å². The SMILES string of the molecule is CN(CC(=O)O)C(=N)N.O=C1O[C@H]([C@@H](O)CO)C(O)=C1OP(=O)(O)O. The number of aliphatic hydroxyl groups is 3. The van der Waals surface area contributed by atoms with Crippen LogP contribution in [-0.2, 0) is 23.4 Å². The molecule has 0 unspecified atom stereocenters. The third kappa shape index (κ3) is 7.82. The Morgan fingerprint density at radius 1 is 1.52 bits per heavy atom. The fourth-order valence-electron chi connectivity index (χ4n) is 1.31. The van der Waals surface area contributed by atoms with E-state index in [1.165, 1.54) is 7.05 Å². The Bertz CT molecular complexity index is 601. The summed E-state index contributed by atoms with van der Waals surface area (Å²) in [6.45, 7) is -1.04. The molecule has 14 nitrogen and oxygen atoms in total. The van der Waals surface area contributed by atoms with Gasteiger partial charge in [-0.15, -0.1) is 0 Å². The van der Waals surface area contributed by atoms with Crippen molar-refractivity contribution in [3.8, 4) is 0 Å². The Hall–Kier alpha value is -2.38. The van der Waals surface area contributed by atoms with Gasteiger partial charge in [-0.25, -0.2) is 9.36 Å². The molecule has 1 aliphatic rings. The van der Waals surface area contributed by atoms with E-state index in [9.17, 15) is 19.3 Å². The summed E-state index contributed by atoms with van der Waals surface area (Å²) in [6.07, 6.45) is -3.21. The normalized spacial score (nSPS) is 18.0. The number of carboxylic acid groups (broad SMARTS) is 1. The van der Waals surface area contributed by atoms with Gasteiger partial charge in [-0.2, -0.15) is 0 Å². The molecular weight excluding hydrogens is 369 g/mol. The number of hydrogen-bond donors (Lipinski definition) is 8. The van der Waals surface area contributed by atoms with Gasteiger partial charge >= 0.3 is 19.8 Å². The van der Waals surface area contributed by atoms with E-state index >= 15 is 0 Å². The second-order valence-corrected chi connectivity index (χ2v) is 5.67. The number of carbonyl (C=O) groups excluding carboxylic acids is 1. The van der Waals surface area contributed by atoms with Crippen molar-refractivity contribution in [1.82, 2.24) is 4.90 Å². The molecular formula is C10H18N3O11P. The van der Waals surface area contributed by atoms with E-state index in [1.54, 1.807) is 0 Å². The zero-order valence-corrected chi connectivity index (χ0v) is 13.7. The second kappa shape index (κ2) is 9.19. The molecule has 0 radical (unpaired) electrons. The van der Waals surface area contributed by atoms with E-state index in [-0.39, 0.29) is 12.5 Å². The second-order valence-electron chi connectivity index (χ2n) is 4.51. The lowest BCUT2D eigenvalue weighted by atomic mass is 10.2. The van der Waals surface area contributed by atoms with Crippen LogP contribution in [0.2, 0.25) is 0 Å². The lowest BCUT2D eigenvalue weighted by molar-refractivity contribution is -0.147. The fraction of sp³-hybridized carbons (Fsp3) is 0.500. The van der Waals surface area contributed by atoms with Gasteiger partial charge in [-0.05, 0) is 0 Å². The van der Waals surface area contributed by atoms with Crippen LogP contribution in [0.5, 0.6) is 0 Å². The van der Waals surface area contributed by atoms with Crippen molar-refractivity contribution in [2.45, 2.75) is 12.2 Å². The van der Waals surface area contributed by atoms with Crippen molar-refractivity contribution >= 4 is 25.7 Å². The van der Waals surface area contributed by atoms with Gasteiger partial charge < -0.3 is 40.3 Å². The standard InChI is InChI=1S/C6H9O9P.C4H9N3O2/c7-1-2(8)4-3(9)5(6(10)14-4)15-16(11,12)13;1-7(4(5)6)2-3(8)9/h2,4,7-9H,1H2,(H2,11,12,13);2H2,1H3,(H3,5,6)(H,8,9)/t2-,4+;/m0./s1. The Balaban J connectivity index is 0.000000547. The van der Waals surface area contributed by atoms with E-state index in [2.05, 4.69) is 9.26 Å². The summed E-state index contributed by atoms with van der Waals surface area (Å²) < 4.78 is 18.7. The van der Waals surface area contributed by atoms with E-state index in [4.69, 9.17) is 36.2 Å². The van der Waals surface area contributed by atoms with Crippen LogP contribution in [0.3, 0.4) is 0 Å². The van der Waals surface area contributed by atoms with Gasteiger partial charge in [0.1, 0.15) is 12.6 Å². The molecule has 0 fully saturated rings. The zero-order valence-electron chi connectivity index (χ0n) is 12.8. The highest BCUT2D eigenvalue weighted by atomic mass is 31.2. The van der Waals surface area contributed by atoms with Gasteiger partial charge in [0.15, 0.2) is 17.8 Å². The van der Waals surface area contributed by atoms with E-state index in [0.29, 0.717) is 0 Å². The number of carboxylic acids is 1. The molecule has 0 amide bonds. The molecule has 1 heterocycles. The Morgan fingerprint density at radius 2 is 2.04 bits per heavy atom. The summed E-state index contributed by atoms with van der Waals surface area (Å²) in [4.78, 5) is 38.9. The van der Waals surface area contributed by atoms with Crippen LogP contribution < -0.4 is 5.73 Å². The number of hydrogen-bond acceptors (Lipinski definition) is 9. The molecule has 0 saturated heterocycles. The van der Waals surface area contributed by atoms with Gasteiger partial charge in [-0.1, -0.05) is 0 Å². The smallest absolute Gasteiger partial charge is 0.505 e. The molecule has 0 aromatic heterocycles. The van der Waals surface area contributed by atoms with E-state index in [0.717, 1.165) is 4.90 Å². The minimum Gasteiger partial charge on any atom is -0.505 e. The number of esters is 1. The third-order valence-corrected chi connectivity index (χ3v) is 2.87. The maximum atomic E-state index is 11.0. The summed E-state index contributed by atoms with van der Waals surface area (Å²) >= 11 is 0. The van der Waals surface area contributed by atoms with Crippen LogP contribution in [0, 0.1) is 5.41 Å². The molecule has 0 aromatic carbocycles. The van der Waals surface area contributed by atoms with Gasteiger partial charge in [0.05, 0.1) is 6.61 Å². The maximum Gasteiger partial charge on any atom is 0.525 e. The predicted octanol–water partition coefficient (Wildman–Crippen LogP) is -2.96. The Morgan fingerprint density at radius 3 is 2.36 bits per heavy atom. The first-order valence-corrected chi connectivity index (χ1v) is 7.78. The van der Waals surface area contributed by atoms with Crippen LogP contribution in [0.1, 0.15) is 0 Å². The third-order valence-electron chi connectivity index (χ3n) is 2.45. The first-order chi connectivity index (χ1) is 11.3. The number of rotatable bonds is 6. The largest absolute Gasteiger partial charge is 0.525 e. The first-order valence-electron chi connectivity index (χ1n) is 6.25. The van der Waals surface area contributed by atoms with Gasteiger partial charge in [0.2, 0.25) is 0 Å². The molecule has 0 saturated carbocycles. The molecule has 1 rings (SSSR count). The Kier molecular flexibility index (Phi) is 8.32. The van der Waals surface area contributed by atoms with Crippen molar-refractivity contribution < 1.29 is 53.6 Å². The quantitative estimate of drug-likeness (QED) is 0.0983. The summed E-state index contributed by atoms with van der Waals surface area (Å²) in [5, 5.41) is 41.8. The lowest BCUT2D eigenvalue weighted by Gasteiger charge is -2.13. The first kappa shape index (κ1) is 22.6. The number of nitrogens with two attached hydrogens (primary N) is 1. The molecule has 9 N–H and O–H groups in total. The minimum absolute atomic E-state index is 0.227. The highest BCUT2D eigenvalue weighted by Crippen LogP contribution is 2.42. The number of aliphatic hydroxyl groups excluding tert-OH is 3. The van der Waals surface area contributed by atoms with Crippen LogP contribution >= 0.6 is 7.82 Å². The number of ether oxygens (including phenoxy) is 1. The van der Waals surface area contributed by atoms with Crippen molar-refractivity contribution in [2.24, 2.45) is 5.73 Å². The molecule has 25 heavy (non-hydrogen) atoms. The summed E-state index contributed by atoms with van der Waals surface area (Å²) in [7, 11) is -3.58. The zero-order chi connectivity index (χ0) is 19.9. The average molecular weight is 387 g/mol. The molecule has 0 spiro atoms. The average Bonchev–Trinajstić information content (AvgIpc) is 2.73. The maximum absolute atomic E-state index is 11.0. The topological polar surface area (TPSA) is 244 Å². The Labute approximate surface area is 140 Å². The van der Waals surface area contributed by atoms with Crippen molar-refractivity contribution in [3.05, 3.63) is 11.5 Å². The highest BCUT2D eigenvalue weighted by molar-refractivity contribution is 7.46. The van der Waals surface area contributed by atoms with E-state index < -0.39 is 50.1 Å². The highest BCUT2D eigenvalue weighted by Gasteiger charge is 2.42. The summed E-state index contributed by atoms with van der Waals surface area (Å²) in [5.74, 6) is -4.62. The van der Waals surface area contributed by atoms with E-state index in [1.807, 2.05) is 0 Å². The molecule has 1 aliphatic heterocycles.